The van der Waals surface area contributed by atoms with Crippen LogP contribution in [-0.2, 0) is 11.8 Å². The van der Waals surface area contributed by atoms with Crippen LogP contribution in [0.15, 0.2) is 54.9 Å². The van der Waals surface area contributed by atoms with Crippen molar-refractivity contribution in [2.24, 2.45) is 13.0 Å². The lowest BCUT2D eigenvalue weighted by Crippen LogP contribution is -2.44. The van der Waals surface area contributed by atoms with E-state index in [9.17, 15) is 9.59 Å². The van der Waals surface area contributed by atoms with Gasteiger partial charge in [-0.05, 0) is 50.1 Å². The summed E-state index contributed by atoms with van der Waals surface area (Å²) in [5.74, 6) is 0.563. The van der Waals surface area contributed by atoms with Gasteiger partial charge in [-0.1, -0.05) is 12.1 Å². The van der Waals surface area contributed by atoms with Gasteiger partial charge < -0.3 is 15.0 Å². The van der Waals surface area contributed by atoms with Crippen molar-refractivity contribution in [3.63, 3.8) is 0 Å². The number of ether oxygens (including phenoxy) is 1. The Labute approximate surface area is 180 Å². The van der Waals surface area contributed by atoms with Crippen LogP contribution in [0.4, 0.5) is 5.69 Å². The van der Waals surface area contributed by atoms with E-state index in [4.69, 9.17) is 4.74 Å². The van der Waals surface area contributed by atoms with E-state index in [1.807, 2.05) is 26.1 Å². The van der Waals surface area contributed by atoms with Gasteiger partial charge in [-0.15, -0.1) is 0 Å². The summed E-state index contributed by atoms with van der Waals surface area (Å²) in [7, 11) is 1.81. The van der Waals surface area contributed by atoms with E-state index in [-0.39, 0.29) is 17.7 Å². The van der Waals surface area contributed by atoms with Gasteiger partial charge in [0, 0.05) is 32.0 Å². The Morgan fingerprint density at radius 1 is 1.19 bits per heavy atom. The first-order chi connectivity index (χ1) is 15.0. The van der Waals surface area contributed by atoms with Crippen molar-refractivity contribution in [2.75, 3.05) is 18.4 Å². The highest BCUT2D eigenvalue weighted by Gasteiger charge is 2.30. The molecule has 0 unspecified atom stereocenters. The van der Waals surface area contributed by atoms with Gasteiger partial charge >= 0.3 is 0 Å². The molecule has 8 nitrogen and oxygen atoms in total. The molecule has 1 atom stereocenters. The maximum absolute atomic E-state index is 13.0. The number of pyridine rings is 1. The monoisotopic (exact) mass is 419 g/mol. The van der Waals surface area contributed by atoms with Crippen LogP contribution in [0.2, 0.25) is 0 Å². The summed E-state index contributed by atoms with van der Waals surface area (Å²) in [6, 6.07) is 12.6. The molecule has 0 aliphatic carbocycles. The largest absolute Gasteiger partial charge is 0.454 e. The minimum absolute atomic E-state index is 0.128. The maximum Gasteiger partial charge on any atom is 0.274 e. The quantitative estimate of drug-likeness (QED) is 0.685. The molecule has 1 aliphatic heterocycles. The summed E-state index contributed by atoms with van der Waals surface area (Å²) in [5, 5.41) is 7.25. The Morgan fingerprint density at radius 2 is 2.03 bits per heavy atom. The van der Waals surface area contributed by atoms with Crippen molar-refractivity contribution >= 4 is 17.5 Å². The smallest absolute Gasteiger partial charge is 0.274 e. The molecule has 3 heterocycles. The number of amides is 2. The number of carbonyl (C=O) groups excluding carboxylic acids is 2. The average molecular weight is 419 g/mol. The van der Waals surface area contributed by atoms with Crippen LogP contribution in [-0.4, -0.2) is 44.6 Å². The van der Waals surface area contributed by atoms with Crippen LogP contribution in [0.5, 0.6) is 11.5 Å². The summed E-state index contributed by atoms with van der Waals surface area (Å²) in [6.07, 6.45) is 4.78. The van der Waals surface area contributed by atoms with Crippen molar-refractivity contribution in [3.05, 3.63) is 66.2 Å². The van der Waals surface area contributed by atoms with Crippen LogP contribution in [0.1, 0.15) is 29.0 Å². The molecule has 2 amide bonds. The Balaban J connectivity index is 1.43. The SMILES string of the molecule is Cc1cc(C(=O)N2CCC[C@@H](C(=O)Nc3ccccc3Oc3cccnc3)C2)nn1C. The average Bonchev–Trinajstić information content (AvgIpc) is 3.13. The minimum Gasteiger partial charge on any atom is -0.454 e. The number of rotatable bonds is 5. The molecule has 1 aromatic carbocycles. The minimum atomic E-state index is -0.297. The summed E-state index contributed by atoms with van der Waals surface area (Å²) in [6.45, 7) is 2.89. The molecule has 0 spiro atoms. The van der Waals surface area contributed by atoms with Gasteiger partial charge in [0.2, 0.25) is 5.91 Å². The summed E-state index contributed by atoms with van der Waals surface area (Å²) in [5.41, 5.74) is 1.91. The molecule has 3 aromatic rings. The van der Waals surface area contributed by atoms with Gasteiger partial charge in [-0.3, -0.25) is 19.3 Å². The molecular weight excluding hydrogens is 394 g/mol. The number of nitrogens with zero attached hydrogens (tertiary/aromatic N) is 4. The number of carbonyl (C=O) groups is 2. The maximum atomic E-state index is 13.0. The Kier molecular flexibility index (Phi) is 5.97. The molecule has 160 valence electrons. The molecule has 31 heavy (non-hydrogen) atoms. The van der Waals surface area contributed by atoms with E-state index >= 15 is 0 Å². The second-order valence-electron chi connectivity index (χ2n) is 7.66. The molecular formula is C23H25N5O3. The number of aromatic nitrogens is 3. The Bertz CT molecular complexity index is 1060. The molecule has 2 aromatic heterocycles. The fourth-order valence-electron chi connectivity index (χ4n) is 3.63. The fourth-order valence-corrected chi connectivity index (χ4v) is 3.63. The highest BCUT2D eigenvalue weighted by Crippen LogP contribution is 2.30. The number of nitrogens with one attached hydrogen (secondary N) is 1. The van der Waals surface area contributed by atoms with Gasteiger partial charge in [0.15, 0.2) is 11.4 Å². The first kappa shape index (κ1) is 20.6. The van der Waals surface area contributed by atoms with Crippen LogP contribution in [0.25, 0.3) is 0 Å². The van der Waals surface area contributed by atoms with Crippen molar-refractivity contribution in [3.8, 4) is 11.5 Å². The van der Waals surface area contributed by atoms with E-state index in [0.717, 1.165) is 18.5 Å². The number of hydrogen-bond acceptors (Lipinski definition) is 5. The standard InChI is InChI=1S/C23H25N5O3/c1-16-13-20(26-27(16)2)23(30)28-12-6-7-17(15-28)22(29)25-19-9-3-4-10-21(19)31-18-8-5-11-24-14-18/h3-5,8-11,13-14,17H,6-7,12,15H2,1-2H3,(H,25,29)/t17-/m1/s1. The normalized spacial score (nSPS) is 16.1. The number of benzene rings is 1. The lowest BCUT2D eigenvalue weighted by molar-refractivity contribution is -0.121. The number of likely N-dealkylation sites (tertiary alicyclic amines) is 1. The van der Waals surface area contributed by atoms with Gasteiger partial charge in [0.25, 0.3) is 5.91 Å². The second-order valence-corrected chi connectivity index (χ2v) is 7.66. The molecule has 0 radical (unpaired) electrons. The second kappa shape index (κ2) is 8.99. The number of anilines is 1. The van der Waals surface area contributed by atoms with Crippen LogP contribution in [0.3, 0.4) is 0 Å². The van der Waals surface area contributed by atoms with Gasteiger partial charge in [0.05, 0.1) is 17.8 Å². The van der Waals surface area contributed by atoms with Crippen molar-refractivity contribution < 1.29 is 14.3 Å². The number of piperidine rings is 1. The van der Waals surface area contributed by atoms with Crippen molar-refractivity contribution in [1.82, 2.24) is 19.7 Å². The number of aryl methyl sites for hydroxylation is 2. The highest BCUT2D eigenvalue weighted by molar-refractivity contribution is 5.96. The van der Waals surface area contributed by atoms with E-state index in [1.54, 1.807) is 52.3 Å². The van der Waals surface area contributed by atoms with Gasteiger partial charge in [0.1, 0.15) is 5.75 Å². The first-order valence-electron chi connectivity index (χ1n) is 10.3. The summed E-state index contributed by atoms with van der Waals surface area (Å²) in [4.78, 5) is 31.6. The third-order valence-corrected chi connectivity index (χ3v) is 5.42. The highest BCUT2D eigenvalue weighted by atomic mass is 16.5. The Hall–Kier alpha value is -3.68. The molecule has 1 N–H and O–H groups in total. The lowest BCUT2D eigenvalue weighted by Gasteiger charge is -2.31. The first-order valence-corrected chi connectivity index (χ1v) is 10.3. The lowest BCUT2D eigenvalue weighted by atomic mass is 9.96. The number of para-hydroxylation sites is 2. The zero-order chi connectivity index (χ0) is 21.8. The third-order valence-electron chi connectivity index (χ3n) is 5.42. The molecule has 0 saturated carbocycles. The van der Waals surface area contributed by atoms with E-state index in [1.165, 1.54) is 0 Å². The Morgan fingerprint density at radius 3 is 2.77 bits per heavy atom. The predicted octanol–water partition coefficient (Wildman–Crippen LogP) is 3.41. The molecule has 1 aliphatic rings. The predicted molar refractivity (Wildman–Crippen MR) is 116 cm³/mol. The van der Waals surface area contributed by atoms with E-state index in [2.05, 4.69) is 15.4 Å². The molecule has 4 rings (SSSR count). The molecule has 8 heteroatoms. The van der Waals surface area contributed by atoms with E-state index < -0.39 is 0 Å². The molecule has 1 fully saturated rings. The molecule has 1 saturated heterocycles. The van der Waals surface area contributed by atoms with Gasteiger partial charge in [-0.2, -0.15) is 5.10 Å². The van der Waals surface area contributed by atoms with Gasteiger partial charge in [-0.25, -0.2) is 0 Å². The summed E-state index contributed by atoms with van der Waals surface area (Å²) >= 11 is 0. The van der Waals surface area contributed by atoms with Crippen molar-refractivity contribution in [1.29, 1.82) is 0 Å². The van der Waals surface area contributed by atoms with E-state index in [0.29, 0.717) is 36.0 Å². The van der Waals surface area contributed by atoms with Crippen molar-refractivity contribution in [2.45, 2.75) is 19.8 Å². The van der Waals surface area contributed by atoms with Crippen LogP contribution in [0, 0.1) is 12.8 Å². The fraction of sp³-hybridized carbons (Fsp3) is 0.304. The molecule has 0 bridgehead atoms. The third kappa shape index (κ3) is 4.74. The summed E-state index contributed by atoms with van der Waals surface area (Å²) < 4.78 is 7.56. The van der Waals surface area contributed by atoms with Crippen LogP contribution >= 0.6 is 0 Å². The van der Waals surface area contributed by atoms with Crippen LogP contribution < -0.4 is 10.1 Å². The number of hydrogen-bond donors (Lipinski definition) is 1. The zero-order valence-corrected chi connectivity index (χ0v) is 17.6. The zero-order valence-electron chi connectivity index (χ0n) is 17.6. The topological polar surface area (TPSA) is 89.3 Å².